The quantitative estimate of drug-likeness (QED) is 0.815. The Bertz CT molecular complexity index is 675. The van der Waals surface area contributed by atoms with Crippen LogP contribution in [-0.4, -0.2) is 23.4 Å². The van der Waals surface area contributed by atoms with E-state index in [-0.39, 0.29) is 18.5 Å². The van der Waals surface area contributed by atoms with E-state index in [9.17, 15) is 4.79 Å². The summed E-state index contributed by atoms with van der Waals surface area (Å²) < 4.78 is 0. The number of carbonyl (C=O) groups is 1. The minimum atomic E-state index is 0.0601. The summed E-state index contributed by atoms with van der Waals surface area (Å²) in [6.45, 7) is 8.91. The highest BCUT2D eigenvalue weighted by molar-refractivity contribution is 6.33. The van der Waals surface area contributed by atoms with Crippen LogP contribution in [0.2, 0.25) is 5.02 Å². The van der Waals surface area contributed by atoms with Crippen LogP contribution in [0.5, 0.6) is 0 Å². The highest BCUT2D eigenvalue weighted by Gasteiger charge is 2.17. The molecule has 1 amide bonds. The van der Waals surface area contributed by atoms with Crippen LogP contribution >= 0.6 is 11.6 Å². The zero-order valence-electron chi connectivity index (χ0n) is 14.8. The molecule has 2 rings (SSSR count). The van der Waals surface area contributed by atoms with E-state index in [4.69, 9.17) is 11.6 Å². The number of benzene rings is 2. The number of nitrogens with zero attached hydrogens (tertiary/aromatic N) is 1. The van der Waals surface area contributed by atoms with E-state index in [0.717, 1.165) is 22.4 Å². The molecule has 0 bridgehead atoms. The van der Waals surface area contributed by atoms with Crippen molar-refractivity contribution in [2.24, 2.45) is 0 Å². The van der Waals surface area contributed by atoms with Crippen LogP contribution in [-0.2, 0) is 11.3 Å². The van der Waals surface area contributed by atoms with Crippen LogP contribution in [0.3, 0.4) is 0 Å². The van der Waals surface area contributed by atoms with Gasteiger partial charge in [-0.25, -0.2) is 0 Å². The van der Waals surface area contributed by atoms with Crippen molar-refractivity contribution in [2.75, 3.05) is 11.9 Å². The zero-order valence-corrected chi connectivity index (χ0v) is 15.5. The van der Waals surface area contributed by atoms with Crippen LogP contribution in [0.1, 0.15) is 30.5 Å². The predicted octanol–water partition coefficient (Wildman–Crippen LogP) is 4.81. The maximum Gasteiger partial charge on any atom is 0.242 e. The third-order valence-corrected chi connectivity index (χ3v) is 4.29. The fourth-order valence-corrected chi connectivity index (χ4v) is 3.13. The first-order valence-corrected chi connectivity index (χ1v) is 8.60. The lowest BCUT2D eigenvalue weighted by Gasteiger charge is -2.27. The average Bonchev–Trinajstić information content (AvgIpc) is 2.52. The summed E-state index contributed by atoms with van der Waals surface area (Å²) in [4.78, 5) is 14.5. The Labute approximate surface area is 149 Å². The van der Waals surface area contributed by atoms with Crippen LogP contribution in [0.25, 0.3) is 0 Å². The summed E-state index contributed by atoms with van der Waals surface area (Å²) in [6.07, 6.45) is 0. The van der Waals surface area contributed by atoms with E-state index in [1.165, 1.54) is 0 Å². The molecule has 0 saturated carbocycles. The third-order valence-electron chi connectivity index (χ3n) is 3.99. The Balaban J connectivity index is 2.06. The molecule has 0 aliphatic rings. The van der Waals surface area contributed by atoms with Gasteiger partial charge in [0.2, 0.25) is 5.91 Å². The van der Waals surface area contributed by atoms with E-state index >= 15 is 0 Å². The maximum absolute atomic E-state index is 12.7. The Kier molecular flexibility index (Phi) is 6.27. The standard InChI is InChI=1S/C20H25ClN2O/c1-14(2)23(13-17-8-6-5-7-9-17)19(24)12-22-20-16(4)10-15(3)11-18(20)21/h5-11,14,22H,12-13H2,1-4H3. The normalized spacial score (nSPS) is 10.8. The molecule has 0 aromatic heterocycles. The molecule has 4 heteroatoms. The van der Waals surface area contributed by atoms with Gasteiger partial charge >= 0.3 is 0 Å². The number of rotatable bonds is 6. The van der Waals surface area contributed by atoms with Crippen molar-refractivity contribution in [3.8, 4) is 0 Å². The van der Waals surface area contributed by atoms with Gasteiger partial charge in [-0.15, -0.1) is 0 Å². The first kappa shape index (κ1) is 18.3. The number of amides is 1. The molecule has 0 aliphatic carbocycles. The average molecular weight is 345 g/mol. The van der Waals surface area contributed by atoms with Crippen LogP contribution in [0.4, 0.5) is 5.69 Å². The van der Waals surface area contributed by atoms with Gasteiger partial charge in [0, 0.05) is 12.6 Å². The largest absolute Gasteiger partial charge is 0.375 e. The monoisotopic (exact) mass is 344 g/mol. The molecule has 128 valence electrons. The van der Waals surface area contributed by atoms with Gasteiger partial charge in [0.25, 0.3) is 0 Å². The molecule has 0 spiro atoms. The molecule has 0 saturated heterocycles. The minimum absolute atomic E-state index is 0.0601. The van der Waals surface area contributed by atoms with Gasteiger partial charge in [0.05, 0.1) is 17.3 Å². The Morgan fingerprint density at radius 1 is 1.17 bits per heavy atom. The smallest absolute Gasteiger partial charge is 0.242 e. The van der Waals surface area contributed by atoms with Gasteiger partial charge < -0.3 is 10.2 Å². The number of aryl methyl sites for hydroxylation is 2. The summed E-state index contributed by atoms with van der Waals surface area (Å²) in [6, 6.07) is 14.1. The Hall–Kier alpha value is -2.00. The number of anilines is 1. The number of carbonyl (C=O) groups excluding carboxylic acids is 1. The SMILES string of the molecule is Cc1cc(C)c(NCC(=O)N(Cc2ccccc2)C(C)C)c(Cl)c1. The van der Waals surface area contributed by atoms with Crippen molar-refractivity contribution in [1.82, 2.24) is 4.90 Å². The van der Waals surface area contributed by atoms with Crippen LogP contribution in [0, 0.1) is 13.8 Å². The van der Waals surface area contributed by atoms with E-state index in [0.29, 0.717) is 11.6 Å². The molecule has 0 heterocycles. The van der Waals surface area contributed by atoms with Crippen LogP contribution < -0.4 is 5.32 Å². The molecule has 24 heavy (non-hydrogen) atoms. The molecular weight excluding hydrogens is 320 g/mol. The van der Waals surface area contributed by atoms with Crippen molar-refractivity contribution in [1.29, 1.82) is 0 Å². The van der Waals surface area contributed by atoms with Crippen molar-refractivity contribution in [3.63, 3.8) is 0 Å². The molecule has 0 fully saturated rings. The summed E-state index contributed by atoms with van der Waals surface area (Å²) in [5.74, 6) is 0.0601. The highest BCUT2D eigenvalue weighted by Crippen LogP contribution is 2.27. The lowest BCUT2D eigenvalue weighted by molar-refractivity contribution is -0.131. The molecule has 0 atom stereocenters. The van der Waals surface area contributed by atoms with Crippen molar-refractivity contribution in [2.45, 2.75) is 40.3 Å². The molecule has 0 radical (unpaired) electrons. The fraction of sp³-hybridized carbons (Fsp3) is 0.350. The molecule has 2 aromatic rings. The molecule has 2 aromatic carbocycles. The Morgan fingerprint density at radius 2 is 1.83 bits per heavy atom. The minimum Gasteiger partial charge on any atom is -0.375 e. The lowest BCUT2D eigenvalue weighted by atomic mass is 10.1. The van der Waals surface area contributed by atoms with Gasteiger partial charge in [0.15, 0.2) is 0 Å². The number of hydrogen-bond acceptors (Lipinski definition) is 2. The summed E-state index contributed by atoms with van der Waals surface area (Å²) in [5.41, 5.74) is 4.12. The molecule has 0 aliphatic heterocycles. The van der Waals surface area contributed by atoms with E-state index in [1.54, 1.807) is 0 Å². The maximum atomic E-state index is 12.7. The van der Waals surface area contributed by atoms with E-state index in [2.05, 4.69) is 11.4 Å². The first-order valence-electron chi connectivity index (χ1n) is 8.22. The fourth-order valence-electron chi connectivity index (χ4n) is 2.74. The molecular formula is C20H25ClN2O. The lowest BCUT2D eigenvalue weighted by Crippen LogP contribution is -2.40. The van der Waals surface area contributed by atoms with Crippen molar-refractivity contribution < 1.29 is 4.79 Å². The third kappa shape index (κ3) is 4.75. The highest BCUT2D eigenvalue weighted by atomic mass is 35.5. The van der Waals surface area contributed by atoms with Gasteiger partial charge in [-0.2, -0.15) is 0 Å². The summed E-state index contributed by atoms with van der Waals surface area (Å²) in [7, 11) is 0. The second-order valence-electron chi connectivity index (χ2n) is 6.39. The number of hydrogen-bond donors (Lipinski definition) is 1. The summed E-state index contributed by atoms with van der Waals surface area (Å²) >= 11 is 6.30. The summed E-state index contributed by atoms with van der Waals surface area (Å²) in [5, 5.41) is 3.86. The second kappa shape index (κ2) is 8.20. The molecule has 3 nitrogen and oxygen atoms in total. The second-order valence-corrected chi connectivity index (χ2v) is 6.80. The van der Waals surface area contributed by atoms with Gasteiger partial charge in [-0.1, -0.05) is 48.0 Å². The van der Waals surface area contributed by atoms with E-state index < -0.39 is 0 Å². The van der Waals surface area contributed by atoms with Crippen molar-refractivity contribution >= 4 is 23.2 Å². The van der Waals surface area contributed by atoms with Gasteiger partial charge in [0.1, 0.15) is 0 Å². The van der Waals surface area contributed by atoms with Crippen LogP contribution in [0.15, 0.2) is 42.5 Å². The number of halogens is 1. The molecule has 0 unspecified atom stereocenters. The van der Waals surface area contributed by atoms with Crippen molar-refractivity contribution in [3.05, 3.63) is 64.2 Å². The Morgan fingerprint density at radius 3 is 2.42 bits per heavy atom. The predicted molar refractivity (Wildman–Crippen MR) is 102 cm³/mol. The number of nitrogens with one attached hydrogen (secondary N) is 1. The topological polar surface area (TPSA) is 32.3 Å². The van der Waals surface area contributed by atoms with Gasteiger partial charge in [-0.3, -0.25) is 4.79 Å². The van der Waals surface area contributed by atoms with E-state index in [1.807, 2.05) is 69.0 Å². The first-order chi connectivity index (χ1) is 11.4. The zero-order chi connectivity index (χ0) is 17.7. The van der Waals surface area contributed by atoms with Gasteiger partial charge in [-0.05, 0) is 50.5 Å². The molecule has 1 N–H and O–H groups in total.